The third-order valence-electron chi connectivity index (χ3n) is 2.01. The molecule has 1 aromatic rings. The summed E-state index contributed by atoms with van der Waals surface area (Å²) in [5, 5.41) is -0.308. The molecule has 1 rings (SSSR count). The molecule has 0 saturated heterocycles. The Bertz CT molecular complexity index is 433. The van der Waals surface area contributed by atoms with Crippen LogP contribution in [0.3, 0.4) is 0 Å². The Morgan fingerprint density at radius 2 is 1.69 bits per heavy atom. The summed E-state index contributed by atoms with van der Waals surface area (Å²) in [7, 11) is 1.52. The minimum atomic E-state index is -3.62. The van der Waals surface area contributed by atoms with Crippen LogP contribution in [0.2, 0.25) is 6.04 Å². The van der Waals surface area contributed by atoms with Crippen LogP contribution in [0.1, 0.15) is 5.56 Å². The van der Waals surface area contributed by atoms with E-state index in [9.17, 15) is 8.42 Å². The van der Waals surface area contributed by atoms with Crippen molar-refractivity contribution in [2.75, 3.05) is 5.38 Å². The Morgan fingerprint density at radius 1 is 1.12 bits per heavy atom. The molecule has 0 N–H and O–H groups in total. The summed E-state index contributed by atoms with van der Waals surface area (Å²) in [6.07, 6.45) is 0.673. The molecule has 0 amide bonds. The first-order valence-electron chi connectivity index (χ1n) is 4.63. The third kappa shape index (κ3) is 6.11. The van der Waals surface area contributed by atoms with Gasteiger partial charge in [0.15, 0.2) is 0 Å². The fourth-order valence-electron chi connectivity index (χ4n) is 1.30. The summed E-state index contributed by atoms with van der Waals surface area (Å²) >= 11 is 12.0. The van der Waals surface area contributed by atoms with Crippen molar-refractivity contribution in [2.45, 2.75) is 12.5 Å². The van der Waals surface area contributed by atoms with Gasteiger partial charge in [-0.2, -0.15) is 0 Å². The average Bonchev–Trinajstić information content (AvgIpc) is 2.13. The van der Waals surface area contributed by atoms with Gasteiger partial charge in [-0.15, -0.1) is 22.2 Å². The van der Waals surface area contributed by atoms with Gasteiger partial charge in [0.2, 0.25) is 9.05 Å². The highest BCUT2D eigenvalue weighted by molar-refractivity contribution is 8.15. The zero-order valence-electron chi connectivity index (χ0n) is 8.37. The molecule has 0 atom stereocenters. The summed E-state index contributed by atoms with van der Waals surface area (Å²) in [5.74, 6) is 0. The van der Waals surface area contributed by atoms with Gasteiger partial charge in [0, 0.05) is 10.7 Å². The highest BCUT2D eigenvalue weighted by atomic mass is 35.7. The first-order valence-corrected chi connectivity index (χ1v) is 11.5. The molecule has 0 fully saturated rings. The summed E-state index contributed by atoms with van der Waals surface area (Å²) in [6, 6.07) is 10.1. The van der Waals surface area contributed by atoms with E-state index in [-0.39, 0.29) is 5.38 Å². The van der Waals surface area contributed by atoms with E-state index in [2.05, 4.69) is 0 Å². The van der Waals surface area contributed by atoms with E-state index >= 15 is 0 Å². The molecule has 0 spiro atoms. The van der Waals surface area contributed by atoms with Gasteiger partial charge in [-0.05, 0) is 18.0 Å². The molecular weight excluding hydrogens is 307 g/mol. The van der Waals surface area contributed by atoms with Gasteiger partial charge < -0.3 is 0 Å². The van der Waals surface area contributed by atoms with Crippen molar-refractivity contribution in [3.05, 3.63) is 35.9 Å². The molecule has 16 heavy (non-hydrogen) atoms. The lowest BCUT2D eigenvalue weighted by Crippen LogP contribution is -2.29. The fourth-order valence-corrected chi connectivity index (χ4v) is 10.4. The molecule has 0 saturated carbocycles. The lowest BCUT2D eigenvalue weighted by molar-refractivity contribution is 0.613. The Balaban J connectivity index is 2.55. The van der Waals surface area contributed by atoms with E-state index in [0.717, 1.165) is 5.56 Å². The molecular formula is C9H11Cl3O2SSi. The second-order valence-electron chi connectivity index (χ2n) is 3.52. The Labute approximate surface area is 110 Å². The molecule has 1 aromatic carbocycles. The fraction of sp³-hybridized carbons (Fsp3) is 0.333. The maximum atomic E-state index is 10.9. The van der Waals surface area contributed by atoms with Gasteiger partial charge in [-0.25, -0.2) is 8.42 Å². The number of hydrogen-bond acceptors (Lipinski definition) is 2. The predicted molar refractivity (Wildman–Crippen MR) is 72.1 cm³/mol. The smallest absolute Gasteiger partial charge is 0.212 e. The number of rotatable bonds is 5. The summed E-state index contributed by atoms with van der Waals surface area (Å²) < 4.78 is 21.8. The molecule has 0 unspecified atom stereocenters. The van der Waals surface area contributed by atoms with E-state index in [4.69, 9.17) is 32.8 Å². The first kappa shape index (κ1) is 14.3. The maximum Gasteiger partial charge on any atom is 0.267 e. The van der Waals surface area contributed by atoms with E-state index in [1.807, 2.05) is 30.3 Å². The second-order valence-corrected chi connectivity index (χ2v) is 14.3. The van der Waals surface area contributed by atoms with Crippen molar-refractivity contribution in [3.63, 3.8) is 0 Å². The molecule has 2 nitrogen and oxygen atoms in total. The van der Waals surface area contributed by atoms with E-state index in [1.54, 1.807) is 0 Å². The van der Waals surface area contributed by atoms with Gasteiger partial charge in [0.25, 0.3) is 6.69 Å². The van der Waals surface area contributed by atoms with E-state index < -0.39 is 15.7 Å². The first-order chi connectivity index (χ1) is 7.29. The normalized spacial score (nSPS) is 12.7. The zero-order valence-corrected chi connectivity index (χ0v) is 12.5. The lowest BCUT2D eigenvalue weighted by Gasteiger charge is -2.14. The molecule has 0 aliphatic heterocycles. The largest absolute Gasteiger partial charge is 0.267 e. The van der Waals surface area contributed by atoms with Crippen molar-refractivity contribution in [2.24, 2.45) is 0 Å². The van der Waals surface area contributed by atoms with Crippen LogP contribution in [0, 0.1) is 0 Å². The highest BCUT2D eigenvalue weighted by Gasteiger charge is 2.33. The van der Waals surface area contributed by atoms with Gasteiger partial charge in [-0.1, -0.05) is 30.3 Å². The predicted octanol–water partition coefficient (Wildman–Crippen LogP) is 3.26. The minimum absolute atomic E-state index is 0.308. The van der Waals surface area contributed by atoms with Crippen molar-refractivity contribution in [1.29, 1.82) is 0 Å². The number of benzene rings is 1. The molecule has 0 aliphatic carbocycles. The summed E-state index contributed by atoms with van der Waals surface area (Å²) in [4.78, 5) is 0. The molecule has 0 heterocycles. The van der Waals surface area contributed by atoms with Crippen molar-refractivity contribution in [1.82, 2.24) is 0 Å². The lowest BCUT2D eigenvalue weighted by atomic mass is 10.2. The molecule has 0 radical (unpaired) electrons. The van der Waals surface area contributed by atoms with E-state index in [0.29, 0.717) is 12.5 Å². The van der Waals surface area contributed by atoms with Gasteiger partial charge in [0.05, 0.1) is 5.38 Å². The molecule has 0 aromatic heterocycles. The number of hydrogen-bond donors (Lipinski definition) is 0. The Kier molecular flexibility index (Phi) is 5.13. The van der Waals surface area contributed by atoms with Gasteiger partial charge >= 0.3 is 0 Å². The SMILES string of the molecule is O=S(=O)(Cl)C[Si](Cl)(Cl)CCc1ccccc1. The van der Waals surface area contributed by atoms with Crippen molar-refractivity contribution < 1.29 is 8.42 Å². The van der Waals surface area contributed by atoms with Gasteiger partial charge in [-0.3, -0.25) is 0 Å². The van der Waals surface area contributed by atoms with Crippen LogP contribution in [-0.2, 0) is 15.5 Å². The maximum absolute atomic E-state index is 10.9. The highest BCUT2D eigenvalue weighted by Crippen LogP contribution is 2.25. The zero-order chi connectivity index (χ0) is 12.2. The van der Waals surface area contributed by atoms with Crippen LogP contribution in [0.4, 0.5) is 0 Å². The third-order valence-corrected chi connectivity index (χ3v) is 10.1. The Morgan fingerprint density at radius 3 is 2.19 bits per heavy atom. The number of aryl methyl sites for hydroxylation is 1. The van der Waals surface area contributed by atoms with Crippen LogP contribution in [0.5, 0.6) is 0 Å². The van der Waals surface area contributed by atoms with Crippen LogP contribution >= 0.6 is 32.8 Å². The average molecular weight is 318 g/mol. The second kappa shape index (κ2) is 5.73. The quantitative estimate of drug-likeness (QED) is 0.474. The standard InChI is InChI=1S/C9H11Cl3O2SSi/c10-15(13,14)8-16(11,12)7-6-9-4-2-1-3-5-9/h1-5H,6-8H2. The van der Waals surface area contributed by atoms with Crippen LogP contribution in [-0.4, -0.2) is 20.5 Å². The summed E-state index contributed by atoms with van der Waals surface area (Å²) in [6.45, 7) is -2.80. The molecule has 0 aliphatic rings. The van der Waals surface area contributed by atoms with Crippen LogP contribution < -0.4 is 0 Å². The van der Waals surface area contributed by atoms with E-state index in [1.165, 1.54) is 0 Å². The van der Waals surface area contributed by atoms with Crippen molar-refractivity contribution in [3.8, 4) is 0 Å². The molecule has 90 valence electrons. The van der Waals surface area contributed by atoms with Crippen LogP contribution in [0.25, 0.3) is 0 Å². The topological polar surface area (TPSA) is 34.1 Å². The number of halogens is 3. The molecule has 7 heteroatoms. The van der Waals surface area contributed by atoms with Crippen molar-refractivity contribution >= 4 is 48.6 Å². The van der Waals surface area contributed by atoms with Crippen LogP contribution in [0.15, 0.2) is 30.3 Å². The monoisotopic (exact) mass is 316 g/mol. The Hall–Kier alpha value is 0.257. The minimum Gasteiger partial charge on any atom is -0.212 e. The van der Waals surface area contributed by atoms with Gasteiger partial charge in [0.1, 0.15) is 0 Å². The molecule has 0 bridgehead atoms. The summed E-state index contributed by atoms with van der Waals surface area (Å²) in [5.41, 5.74) is 1.09.